The van der Waals surface area contributed by atoms with E-state index in [9.17, 15) is 26.4 Å². The van der Waals surface area contributed by atoms with E-state index in [1.165, 1.54) is 24.3 Å². The predicted octanol–water partition coefficient (Wildman–Crippen LogP) is 1.88. The van der Waals surface area contributed by atoms with E-state index in [1.807, 2.05) is 4.57 Å². The number of aryl methyl sites for hydroxylation is 1. The van der Waals surface area contributed by atoms with Gasteiger partial charge in [0.05, 0.1) is 23.3 Å². The van der Waals surface area contributed by atoms with Gasteiger partial charge in [-0.15, -0.1) is 0 Å². The zero-order valence-corrected chi connectivity index (χ0v) is 19.0. The lowest BCUT2D eigenvalue weighted by atomic mass is 10.1. The Hall–Kier alpha value is -2.66. The fraction of sp³-hybridized carbons (Fsp3) is 0.400. The van der Waals surface area contributed by atoms with E-state index in [-0.39, 0.29) is 28.8 Å². The van der Waals surface area contributed by atoms with Gasteiger partial charge in [-0.05, 0) is 44.5 Å². The second-order valence-corrected chi connectivity index (χ2v) is 11.6. The number of ether oxygens (including phenoxy) is 1. The molecule has 0 spiro atoms. The Morgan fingerprint density at radius 2 is 1.94 bits per heavy atom. The van der Waals surface area contributed by atoms with E-state index in [2.05, 4.69) is 4.72 Å². The summed E-state index contributed by atoms with van der Waals surface area (Å²) in [6.07, 6.45) is 1.49. The number of rotatable bonds is 7. The van der Waals surface area contributed by atoms with Gasteiger partial charge in [0.2, 0.25) is 15.8 Å². The summed E-state index contributed by atoms with van der Waals surface area (Å²) in [4.78, 5) is 25.0. The van der Waals surface area contributed by atoms with Crippen LogP contribution in [0.2, 0.25) is 0 Å². The van der Waals surface area contributed by atoms with Gasteiger partial charge in [-0.2, -0.15) is 0 Å². The second-order valence-electron chi connectivity index (χ2n) is 7.67. The number of sulfone groups is 1. The molecule has 1 aliphatic heterocycles. The summed E-state index contributed by atoms with van der Waals surface area (Å²) in [6, 6.07) is 7.22. The van der Waals surface area contributed by atoms with E-state index in [0.717, 1.165) is 11.9 Å². The minimum atomic E-state index is -3.50. The quantitative estimate of drug-likeness (QED) is 0.485. The summed E-state index contributed by atoms with van der Waals surface area (Å²) in [5.74, 6) is -0.993. The van der Waals surface area contributed by atoms with Crippen LogP contribution in [0.5, 0.6) is 0 Å². The predicted molar refractivity (Wildman–Crippen MR) is 116 cm³/mol. The normalized spacial score (nSPS) is 18.0. The molecule has 1 atom stereocenters. The molecular weight excluding hydrogens is 444 g/mol. The first-order valence-corrected chi connectivity index (χ1v) is 13.2. The SMILES string of the molecule is Cc1cc(C(=O)COC(=O)c2cccc(NS(C)(=O)=O)c2)c(C)n1[C@H]1CCS(=O)(=O)C1. The number of hydrogen-bond acceptors (Lipinski definition) is 7. The third kappa shape index (κ3) is 5.53. The van der Waals surface area contributed by atoms with Gasteiger partial charge in [0.25, 0.3) is 0 Å². The Morgan fingerprint density at radius 1 is 1.23 bits per heavy atom. The van der Waals surface area contributed by atoms with Crippen LogP contribution in [0.1, 0.15) is 44.6 Å². The number of aromatic nitrogens is 1. The summed E-state index contributed by atoms with van der Waals surface area (Å²) in [6.45, 7) is 3.06. The lowest BCUT2D eigenvalue weighted by Gasteiger charge is -2.16. The second kappa shape index (κ2) is 8.46. The molecule has 9 nitrogen and oxygen atoms in total. The van der Waals surface area contributed by atoms with Gasteiger partial charge in [0.15, 0.2) is 16.4 Å². The molecule has 1 aliphatic rings. The summed E-state index contributed by atoms with van der Waals surface area (Å²) in [7, 11) is -6.57. The number of sulfonamides is 1. The van der Waals surface area contributed by atoms with Crippen LogP contribution in [0.25, 0.3) is 0 Å². The number of benzene rings is 1. The third-order valence-corrected chi connectivity index (χ3v) is 7.45. The molecule has 1 saturated heterocycles. The summed E-state index contributed by atoms with van der Waals surface area (Å²) >= 11 is 0. The van der Waals surface area contributed by atoms with Gasteiger partial charge in [-0.3, -0.25) is 9.52 Å². The number of anilines is 1. The average molecular weight is 469 g/mol. The van der Waals surface area contributed by atoms with Gasteiger partial charge >= 0.3 is 5.97 Å². The summed E-state index contributed by atoms with van der Waals surface area (Å²) < 4.78 is 55.6. The maximum absolute atomic E-state index is 12.7. The molecule has 11 heteroatoms. The zero-order chi connectivity index (χ0) is 23.0. The largest absolute Gasteiger partial charge is 0.454 e. The van der Waals surface area contributed by atoms with Crippen molar-refractivity contribution in [3.05, 3.63) is 52.8 Å². The summed E-state index contributed by atoms with van der Waals surface area (Å²) in [5.41, 5.74) is 2.09. The Kier molecular flexibility index (Phi) is 6.28. The van der Waals surface area contributed by atoms with Crippen molar-refractivity contribution in [2.45, 2.75) is 26.3 Å². The number of carbonyl (C=O) groups excluding carboxylic acids is 2. The van der Waals surface area contributed by atoms with Crippen LogP contribution in [0.4, 0.5) is 5.69 Å². The lowest BCUT2D eigenvalue weighted by molar-refractivity contribution is 0.0474. The Labute approximate surface area is 181 Å². The number of Topliss-reactive ketones (excluding diaryl/α,β-unsaturated/α-hetero) is 1. The van der Waals surface area contributed by atoms with Crippen molar-refractivity contribution in [1.82, 2.24) is 4.57 Å². The highest BCUT2D eigenvalue weighted by molar-refractivity contribution is 7.92. The maximum atomic E-state index is 12.7. The Bertz CT molecular complexity index is 1240. The Morgan fingerprint density at radius 3 is 2.55 bits per heavy atom. The minimum absolute atomic E-state index is 0.0455. The van der Waals surface area contributed by atoms with Crippen molar-refractivity contribution < 1.29 is 31.2 Å². The van der Waals surface area contributed by atoms with Gasteiger partial charge in [-0.1, -0.05) is 6.07 Å². The molecule has 0 aliphatic carbocycles. The first-order chi connectivity index (χ1) is 14.4. The molecule has 1 aromatic heterocycles. The fourth-order valence-electron chi connectivity index (χ4n) is 3.82. The highest BCUT2D eigenvalue weighted by atomic mass is 32.2. The molecule has 3 rings (SSSR count). The minimum Gasteiger partial charge on any atom is -0.454 e. The fourth-order valence-corrected chi connectivity index (χ4v) is 6.07. The van der Waals surface area contributed by atoms with Gasteiger partial charge < -0.3 is 9.30 Å². The van der Waals surface area contributed by atoms with Crippen molar-refractivity contribution in [3.8, 4) is 0 Å². The molecule has 0 radical (unpaired) electrons. The van der Waals surface area contributed by atoms with Crippen LogP contribution in [0.3, 0.4) is 0 Å². The zero-order valence-electron chi connectivity index (χ0n) is 17.4. The van der Waals surface area contributed by atoms with Crippen LogP contribution in [0, 0.1) is 13.8 Å². The molecule has 0 bridgehead atoms. The first-order valence-electron chi connectivity index (χ1n) is 9.53. The van der Waals surface area contributed by atoms with Gasteiger partial charge in [-0.25, -0.2) is 21.6 Å². The Balaban J connectivity index is 1.70. The van der Waals surface area contributed by atoms with Crippen molar-refractivity contribution >= 4 is 37.3 Å². The van der Waals surface area contributed by atoms with Crippen LogP contribution in [-0.4, -0.2) is 57.5 Å². The molecule has 168 valence electrons. The summed E-state index contributed by atoms with van der Waals surface area (Å²) in [5, 5.41) is 0. The van der Waals surface area contributed by atoms with Crippen LogP contribution in [0.15, 0.2) is 30.3 Å². The van der Waals surface area contributed by atoms with Crippen molar-refractivity contribution in [3.63, 3.8) is 0 Å². The molecule has 0 saturated carbocycles. The van der Waals surface area contributed by atoms with Crippen LogP contribution in [-0.2, 0) is 24.6 Å². The molecule has 0 amide bonds. The van der Waals surface area contributed by atoms with Gasteiger partial charge in [0, 0.05) is 28.7 Å². The molecular formula is C20H24N2O7S2. The number of esters is 1. The molecule has 1 fully saturated rings. The van der Waals surface area contributed by atoms with Crippen LogP contribution >= 0.6 is 0 Å². The van der Waals surface area contributed by atoms with E-state index in [0.29, 0.717) is 17.7 Å². The van der Waals surface area contributed by atoms with E-state index >= 15 is 0 Å². The van der Waals surface area contributed by atoms with Crippen LogP contribution < -0.4 is 4.72 Å². The third-order valence-electron chi connectivity index (χ3n) is 5.09. The van der Waals surface area contributed by atoms with Crippen molar-refractivity contribution in [2.24, 2.45) is 0 Å². The topological polar surface area (TPSA) is 129 Å². The van der Waals surface area contributed by atoms with E-state index in [1.54, 1.807) is 19.9 Å². The van der Waals surface area contributed by atoms with Crippen molar-refractivity contribution in [2.75, 3.05) is 29.1 Å². The number of hydrogen-bond donors (Lipinski definition) is 1. The molecule has 2 aromatic rings. The highest BCUT2D eigenvalue weighted by Gasteiger charge is 2.31. The van der Waals surface area contributed by atoms with E-state index < -0.39 is 38.2 Å². The lowest BCUT2D eigenvalue weighted by Crippen LogP contribution is -2.17. The smallest absolute Gasteiger partial charge is 0.338 e. The molecule has 0 unspecified atom stereocenters. The monoisotopic (exact) mass is 468 g/mol. The number of nitrogens with zero attached hydrogens (tertiary/aromatic N) is 1. The van der Waals surface area contributed by atoms with Gasteiger partial charge in [0.1, 0.15) is 0 Å². The average Bonchev–Trinajstić information content (AvgIpc) is 3.16. The molecule has 1 N–H and O–H groups in total. The molecule has 1 aromatic carbocycles. The highest BCUT2D eigenvalue weighted by Crippen LogP contribution is 2.29. The number of ketones is 1. The maximum Gasteiger partial charge on any atom is 0.338 e. The van der Waals surface area contributed by atoms with Crippen molar-refractivity contribution in [1.29, 1.82) is 0 Å². The molecule has 31 heavy (non-hydrogen) atoms. The van der Waals surface area contributed by atoms with E-state index in [4.69, 9.17) is 4.74 Å². The standard InChI is InChI=1S/C20H24N2O7S2/c1-13-9-18(14(2)22(13)17-7-8-31(27,28)12-17)19(23)11-29-20(24)15-5-4-6-16(10-15)21-30(3,25)26/h4-6,9-10,17,21H,7-8,11-12H2,1-3H3/t17-/m0/s1. The first kappa shape index (κ1) is 23.0. The molecule has 2 heterocycles. The number of nitrogens with one attached hydrogen (secondary N) is 1. The number of carbonyl (C=O) groups is 2.